The van der Waals surface area contributed by atoms with E-state index in [2.05, 4.69) is 5.92 Å². The number of esters is 2. The van der Waals surface area contributed by atoms with Crippen LogP contribution < -0.4 is 0 Å². The van der Waals surface area contributed by atoms with E-state index >= 15 is 0 Å². The smallest absolute Gasteiger partial charge is 0.332 e. The van der Waals surface area contributed by atoms with Crippen molar-refractivity contribution >= 4 is 20.0 Å². The second-order valence-electron chi connectivity index (χ2n) is 7.32. The van der Waals surface area contributed by atoms with Crippen molar-refractivity contribution in [2.45, 2.75) is 50.2 Å². The molecular formula is C18H22O4Si. The molecule has 1 fully saturated rings. The number of rotatable bonds is 3. The third-order valence-corrected chi connectivity index (χ3v) is 6.35. The molecule has 122 valence electrons. The number of benzene rings is 1. The molecule has 5 heteroatoms. The topological polar surface area (TPSA) is 52.6 Å². The Balaban J connectivity index is 2.75. The Labute approximate surface area is 138 Å². The molecule has 0 amide bonds. The van der Waals surface area contributed by atoms with Crippen LogP contribution in [0.4, 0.5) is 0 Å². The fourth-order valence-corrected chi connectivity index (χ4v) is 5.28. The zero-order chi connectivity index (χ0) is 17.5. The summed E-state index contributed by atoms with van der Waals surface area (Å²) in [5.74, 6) is 0.154. The summed E-state index contributed by atoms with van der Waals surface area (Å²) in [6, 6.07) is 8.82. The second kappa shape index (κ2) is 5.54. The van der Waals surface area contributed by atoms with E-state index in [1.54, 1.807) is 24.3 Å². The van der Waals surface area contributed by atoms with Gasteiger partial charge in [-0.3, -0.25) is 9.59 Å². The third kappa shape index (κ3) is 2.79. The van der Waals surface area contributed by atoms with Gasteiger partial charge in [0.15, 0.2) is 0 Å². The van der Waals surface area contributed by atoms with Crippen LogP contribution in [0.5, 0.6) is 0 Å². The van der Waals surface area contributed by atoms with Crippen LogP contribution in [0.1, 0.15) is 19.4 Å². The van der Waals surface area contributed by atoms with E-state index in [4.69, 9.17) is 15.9 Å². The Kier molecular flexibility index (Phi) is 4.16. The van der Waals surface area contributed by atoms with E-state index in [9.17, 15) is 9.59 Å². The summed E-state index contributed by atoms with van der Waals surface area (Å²) in [6.07, 6.45) is 5.77. The van der Waals surface area contributed by atoms with Gasteiger partial charge in [-0.15, -0.1) is 12.3 Å². The van der Waals surface area contributed by atoms with E-state index in [1.807, 2.05) is 25.7 Å². The van der Waals surface area contributed by atoms with E-state index in [0.717, 1.165) is 0 Å². The van der Waals surface area contributed by atoms with Crippen LogP contribution >= 0.6 is 0 Å². The molecule has 0 spiro atoms. The van der Waals surface area contributed by atoms with Crippen LogP contribution in [0.25, 0.3) is 0 Å². The van der Waals surface area contributed by atoms with Crippen molar-refractivity contribution in [3.05, 3.63) is 35.9 Å². The van der Waals surface area contributed by atoms with E-state index in [1.165, 1.54) is 13.8 Å². The van der Waals surface area contributed by atoms with Crippen molar-refractivity contribution in [3.8, 4) is 12.3 Å². The highest BCUT2D eigenvalue weighted by atomic mass is 28.3. The molecule has 1 heterocycles. The van der Waals surface area contributed by atoms with Gasteiger partial charge in [-0.05, 0) is 5.56 Å². The summed E-state index contributed by atoms with van der Waals surface area (Å²) >= 11 is 0. The van der Waals surface area contributed by atoms with Gasteiger partial charge in [0.25, 0.3) is 5.79 Å². The van der Waals surface area contributed by atoms with Crippen LogP contribution in [0.2, 0.25) is 25.2 Å². The molecule has 1 saturated heterocycles. The fraction of sp³-hybridized carbons (Fsp3) is 0.444. The number of carbonyl (C=O) groups is 2. The van der Waals surface area contributed by atoms with Gasteiger partial charge in [0.05, 0.1) is 8.07 Å². The quantitative estimate of drug-likeness (QED) is 0.370. The maximum absolute atomic E-state index is 13.0. The predicted molar refractivity (Wildman–Crippen MR) is 90.3 cm³/mol. The number of hydrogen-bond acceptors (Lipinski definition) is 4. The van der Waals surface area contributed by atoms with Crippen LogP contribution in [0, 0.1) is 12.3 Å². The highest BCUT2D eigenvalue weighted by Crippen LogP contribution is 2.48. The Morgan fingerprint density at radius 1 is 1.04 bits per heavy atom. The molecule has 1 aliphatic heterocycles. The van der Waals surface area contributed by atoms with Gasteiger partial charge in [0.2, 0.25) is 5.41 Å². The number of cyclic esters (lactones) is 2. The van der Waals surface area contributed by atoms with Crippen LogP contribution in [-0.4, -0.2) is 25.8 Å². The van der Waals surface area contributed by atoms with Crippen molar-refractivity contribution in [1.29, 1.82) is 0 Å². The van der Waals surface area contributed by atoms with E-state index in [-0.39, 0.29) is 0 Å². The summed E-state index contributed by atoms with van der Waals surface area (Å²) < 4.78 is 10.9. The Hall–Kier alpha value is -2.06. The molecule has 0 aliphatic carbocycles. The van der Waals surface area contributed by atoms with Gasteiger partial charge in [-0.25, -0.2) is 0 Å². The van der Waals surface area contributed by atoms with E-state index < -0.39 is 36.8 Å². The molecule has 0 radical (unpaired) electrons. The van der Waals surface area contributed by atoms with Gasteiger partial charge >= 0.3 is 11.9 Å². The molecular weight excluding hydrogens is 308 g/mol. The first-order valence-electron chi connectivity index (χ1n) is 7.54. The summed E-state index contributed by atoms with van der Waals surface area (Å²) in [4.78, 5) is 26.0. The zero-order valence-electron chi connectivity index (χ0n) is 14.2. The Morgan fingerprint density at radius 3 is 1.91 bits per heavy atom. The van der Waals surface area contributed by atoms with Crippen molar-refractivity contribution < 1.29 is 19.1 Å². The molecule has 1 atom stereocenters. The average molecular weight is 330 g/mol. The van der Waals surface area contributed by atoms with Gasteiger partial charge in [-0.2, -0.15) is 0 Å². The van der Waals surface area contributed by atoms with Crippen LogP contribution in [0.15, 0.2) is 30.3 Å². The standard InChI is InChI=1S/C18H22O4Si/c1-7-14(23(4,5)6)18(13-11-9-8-10-12-13)15(19)21-17(2,3)22-16(18)20/h1,8-12,14H,2-6H3. The molecule has 1 aromatic carbocycles. The average Bonchev–Trinajstić information content (AvgIpc) is 2.41. The van der Waals surface area contributed by atoms with Gasteiger partial charge in [0.1, 0.15) is 0 Å². The zero-order valence-corrected chi connectivity index (χ0v) is 15.2. The molecule has 0 N–H and O–H groups in total. The van der Waals surface area contributed by atoms with Gasteiger partial charge < -0.3 is 9.47 Å². The van der Waals surface area contributed by atoms with Crippen molar-refractivity contribution in [2.24, 2.45) is 0 Å². The lowest BCUT2D eigenvalue weighted by atomic mass is 9.76. The van der Waals surface area contributed by atoms with E-state index in [0.29, 0.717) is 5.56 Å². The molecule has 4 nitrogen and oxygen atoms in total. The molecule has 1 aliphatic rings. The predicted octanol–water partition coefficient (Wildman–Crippen LogP) is 3.10. The largest absolute Gasteiger partial charge is 0.422 e. The third-order valence-electron chi connectivity index (χ3n) is 4.02. The molecule has 0 saturated carbocycles. The lowest BCUT2D eigenvalue weighted by Gasteiger charge is -2.45. The lowest BCUT2D eigenvalue weighted by molar-refractivity contribution is -0.243. The molecule has 23 heavy (non-hydrogen) atoms. The maximum atomic E-state index is 13.0. The summed E-state index contributed by atoms with van der Waals surface area (Å²) in [6.45, 7) is 9.17. The lowest BCUT2D eigenvalue weighted by Crippen LogP contribution is -2.61. The first-order valence-corrected chi connectivity index (χ1v) is 11.1. The minimum absolute atomic E-state index is 0.524. The maximum Gasteiger partial charge on any atom is 0.332 e. The monoisotopic (exact) mass is 330 g/mol. The first kappa shape index (κ1) is 17.3. The van der Waals surface area contributed by atoms with Crippen molar-refractivity contribution in [2.75, 3.05) is 0 Å². The number of terminal acetylenes is 1. The summed E-state index contributed by atoms with van der Waals surface area (Å²) in [5.41, 5.74) is -1.65. The Morgan fingerprint density at radius 2 is 1.52 bits per heavy atom. The Bertz CT molecular complexity index is 645. The summed E-state index contributed by atoms with van der Waals surface area (Å²) in [5, 5.41) is 0. The molecule has 0 aromatic heterocycles. The molecule has 2 rings (SSSR count). The van der Waals surface area contributed by atoms with Crippen molar-refractivity contribution in [1.82, 2.24) is 0 Å². The number of ether oxygens (including phenoxy) is 2. The summed E-state index contributed by atoms with van der Waals surface area (Å²) in [7, 11) is -2.10. The van der Waals surface area contributed by atoms with Gasteiger partial charge in [-0.1, -0.05) is 50.0 Å². The first-order chi connectivity index (χ1) is 10.6. The minimum atomic E-state index is -2.10. The SMILES string of the molecule is C#CC(C1(c2ccccc2)C(=O)OC(C)(C)OC1=O)[Si](C)(C)C. The van der Waals surface area contributed by atoms with Gasteiger partial charge in [0, 0.05) is 19.4 Å². The second-order valence-corrected chi connectivity index (χ2v) is 12.6. The minimum Gasteiger partial charge on any atom is -0.422 e. The fourth-order valence-electron chi connectivity index (χ4n) is 3.08. The van der Waals surface area contributed by atoms with Crippen LogP contribution in [-0.2, 0) is 24.5 Å². The van der Waals surface area contributed by atoms with Crippen molar-refractivity contribution in [3.63, 3.8) is 0 Å². The van der Waals surface area contributed by atoms with Crippen LogP contribution in [0.3, 0.4) is 0 Å². The molecule has 0 bridgehead atoms. The number of hydrogen-bond donors (Lipinski definition) is 0. The molecule has 1 aromatic rings. The highest BCUT2D eigenvalue weighted by Gasteiger charge is 2.64. The number of carbonyl (C=O) groups excluding carboxylic acids is 2. The molecule has 1 unspecified atom stereocenters. The highest BCUT2D eigenvalue weighted by molar-refractivity contribution is 6.79. The normalized spacial score (nSPS) is 20.9.